The van der Waals surface area contributed by atoms with Crippen LogP contribution in [0.1, 0.15) is 91.1 Å². The van der Waals surface area contributed by atoms with Gasteiger partial charge in [0.15, 0.2) is 11.6 Å². The third-order valence-corrected chi connectivity index (χ3v) is 7.41. The van der Waals surface area contributed by atoms with Crippen LogP contribution in [0.5, 0.6) is 0 Å². The van der Waals surface area contributed by atoms with E-state index in [-0.39, 0.29) is 17.8 Å². The van der Waals surface area contributed by atoms with E-state index in [9.17, 15) is 14.4 Å². The predicted octanol–water partition coefficient (Wildman–Crippen LogP) is 6.78. The van der Waals surface area contributed by atoms with Gasteiger partial charge < -0.3 is 15.0 Å². The average molecular weight is 535 g/mol. The first kappa shape index (κ1) is 30.6. The Morgan fingerprint density at radius 3 is 1.90 bits per heavy atom. The van der Waals surface area contributed by atoms with Crippen molar-refractivity contribution in [3.8, 4) is 0 Å². The van der Waals surface area contributed by atoms with E-state index >= 15 is 0 Å². The highest BCUT2D eigenvalue weighted by Gasteiger charge is 2.29. The molecule has 2 saturated heterocycles. The van der Waals surface area contributed by atoms with Gasteiger partial charge in [0.1, 0.15) is 5.60 Å². The van der Waals surface area contributed by atoms with Crippen LogP contribution in [0.3, 0.4) is 0 Å². The summed E-state index contributed by atoms with van der Waals surface area (Å²) in [4.78, 5) is 38.5. The first-order valence-corrected chi connectivity index (χ1v) is 14.4. The van der Waals surface area contributed by atoms with E-state index in [2.05, 4.69) is 5.32 Å². The lowest BCUT2D eigenvalue weighted by Gasteiger charge is -2.34. The number of ether oxygens (including phenoxy) is 1. The number of hydrogen-bond acceptors (Lipinski definition) is 5. The molecule has 0 saturated carbocycles. The molecule has 1 N–H and O–H groups in total. The number of nitrogens with one attached hydrogen (secondary N) is 1. The number of carbonyl (C=O) groups excluding carboxylic acids is 3. The predicted molar refractivity (Wildman–Crippen MR) is 156 cm³/mol. The minimum atomic E-state index is -0.485. The summed E-state index contributed by atoms with van der Waals surface area (Å²) in [6.45, 7) is 13.0. The van der Waals surface area contributed by atoms with Crippen LogP contribution in [0.15, 0.2) is 48.5 Å². The molecule has 0 bridgehead atoms. The Balaban J connectivity index is 0.000000230. The Hall–Kier alpha value is -2.99. The molecule has 2 aliphatic heterocycles. The maximum absolute atomic E-state index is 12.5. The number of hydrogen-bond donors (Lipinski definition) is 1. The molecule has 2 aromatic carbocycles. The summed E-state index contributed by atoms with van der Waals surface area (Å²) >= 11 is 0. The molecule has 4 rings (SSSR count). The molecule has 0 spiro atoms. The molecule has 6 nitrogen and oxygen atoms in total. The molecule has 2 aromatic rings. The summed E-state index contributed by atoms with van der Waals surface area (Å²) in [5, 5.41) is 3.35. The lowest BCUT2D eigenvalue weighted by atomic mass is 9.90. The molecule has 6 heteroatoms. The summed E-state index contributed by atoms with van der Waals surface area (Å²) in [6.07, 6.45) is 5.20. The molecule has 2 fully saturated rings. The van der Waals surface area contributed by atoms with E-state index in [1.807, 2.05) is 83.1 Å². The Bertz CT molecular complexity index is 1110. The summed E-state index contributed by atoms with van der Waals surface area (Å²) < 4.78 is 5.44. The van der Waals surface area contributed by atoms with E-state index < -0.39 is 5.60 Å². The number of carbonyl (C=O) groups is 3. The number of nitrogens with zero attached hydrogens (tertiary/aromatic N) is 1. The largest absolute Gasteiger partial charge is 0.444 e. The zero-order valence-electron chi connectivity index (χ0n) is 24.4. The molecule has 2 heterocycles. The van der Waals surface area contributed by atoms with Crippen LogP contribution in [-0.4, -0.2) is 54.3 Å². The fourth-order valence-electron chi connectivity index (χ4n) is 5.34. The summed E-state index contributed by atoms with van der Waals surface area (Å²) in [5.41, 5.74) is 3.31. The maximum atomic E-state index is 12.5. The number of benzene rings is 2. The first-order valence-electron chi connectivity index (χ1n) is 14.4. The molecule has 39 heavy (non-hydrogen) atoms. The normalized spacial score (nSPS) is 19.5. The number of likely N-dealkylation sites (tertiary alicyclic amines) is 1. The van der Waals surface area contributed by atoms with Gasteiger partial charge in [0, 0.05) is 37.1 Å². The number of rotatable bonds is 6. The van der Waals surface area contributed by atoms with Crippen molar-refractivity contribution in [1.29, 1.82) is 0 Å². The van der Waals surface area contributed by atoms with E-state index in [4.69, 9.17) is 4.74 Å². The SMILES string of the molecule is Cc1ccccc1C(=O)C[C@@H]1CCCN(C(=O)OC(C)(C)C)C1.Cc1ccccc1C(=O)C[C@@H]1CCCNC1. The Kier molecular flexibility index (Phi) is 11.3. The molecule has 0 unspecified atom stereocenters. The van der Waals surface area contributed by atoms with Gasteiger partial charge >= 0.3 is 6.09 Å². The Morgan fingerprint density at radius 1 is 0.846 bits per heavy atom. The van der Waals surface area contributed by atoms with Gasteiger partial charge in [-0.25, -0.2) is 4.79 Å². The van der Waals surface area contributed by atoms with Crippen molar-refractivity contribution in [2.24, 2.45) is 11.8 Å². The fraction of sp³-hybridized carbons (Fsp3) is 0.545. The van der Waals surface area contributed by atoms with Crippen LogP contribution in [0.4, 0.5) is 4.79 Å². The number of ketones is 2. The summed E-state index contributed by atoms with van der Waals surface area (Å²) in [5.74, 6) is 1.20. The van der Waals surface area contributed by atoms with Crippen molar-refractivity contribution in [3.05, 3.63) is 70.8 Å². The van der Waals surface area contributed by atoms with E-state index in [1.54, 1.807) is 4.90 Å². The molecule has 2 aliphatic rings. The number of piperidine rings is 2. The van der Waals surface area contributed by atoms with Gasteiger partial charge in [0.05, 0.1) is 0 Å². The highest BCUT2D eigenvalue weighted by molar-refractivity contribution is 5.98. The molecule has 0 aromatic heterocycles. The van der Waals surface area contributed by atoms with Gasteiger partial charge in [-0.05, 0) is 96.4 Å². The topological polar surface area (TPSA) is 75.7 Å². The van der Waals surface area contributed by atoms with Crippen LogP contribution in [-0.2, 0) is 4.74 Å². The zero-order valence-corrected chi connectivity index (χ0v) is 24.4. The lowest BCUT2D eigenvalue weighted by molar-refractivity contribution is 0.0160. The molecular formula is C33H46N2O4. The fourth-order valence-corrected chi connectivity index (χ4v) is 5.34. The summed E-state index contributed by atoms with van der Waals surface area (Å²) in [6, 6.07) is 15.5. The second-order valence-electron chi connectivity index (χ2n) is 12.0. The van der Waals surface area contributed by atoms with Crippen LogP contribution in [0, 0.1) is 25.7 Å². The smallest absolute Gasteiger partial charge is 0.410 e. The Morgan fingerprint density at radius 2 is 1.38 bits per heavy atom. The number of Topliss-reactive ketones (excluding diaryl/α,β-unsaturated/α-hetero) is 2. The molecule has 0 aliphatic carbocycles. The van der Waals surface area contributed by atoms with Gasteiger partial charge in [0.2, 0.25) is 0 Å². The minimum Gasteiger partial charge on any atom is -0.444 e. The maximum Gasteiger partial charge on any atom is 0.410 e. The number of amides is 1. The molecule has 0 radical (unpaired) electrons. The third-order valence-electron chi connectivity index (χ3n) is 7.41. The van der Waals surface area contributed by atoms with Crippen LogP contribution < -0.4 is 5.32 Å². The van der Waals surface area contributed by atoms with Gasteiger partial charge in [-0.2, -0.15) is 0 Å². The van der Waals surface area contributed by atoms with Gasteiger partial charge in [-0.3, -0.25) is 9.59 Å². The molecule has 2 atom stereocenters. The standard InChI is InChI=1S/C19H27NO3.C14H19NO/c1-14-8-5-6-10-16(14)17(21)12-15-9-7-11-20(13-15)18(22)23-19(2,3)4;1-11-5-2-3-7-13(11)14(16)9-12-6-4-8-15-10-12/h5-6,8,10,15H,7,9,11-13H2,1-4H3;2-3,5,7,12,15H,4,6,8-10H2,1H3/t15-;12-/m00/s1. The van der Waals surface area contributed by atoms with Crippen molar-refractivity contribution < 1.29 is 19.1 Å². The monoisotopic (exact) mass is 534 g/mol. The van der Waals surface area contributed by atoms with E-state index in [0.29, 0.717) is 37.6 Å². The molecular weight excluding hydrogens is 488 g/mol. The first-order chi connectivity index (χ1) is 18.5. The van der Waals surface area contributed by atoms with E-state index in [0.717, 1.165) is 48.2 Å². The number of aryl methyl sites for hydroxylation is 2. The molecule has 1 amide bonds. The highest BCUT2D eigenvalue weighted by Crippen LogP contribution is 2.24. The van der Waals surface area contributed by atoms with Crippen LogP contribution in [0.2, 0.25) is 0 Å². The average Bonchev–Trinajstić information content (AvgIpc) is 2.89. The second-order valence-corrected chi connectivity index (χ2v) is 12.0. The van der Waals surface area contributed by atoms with Gasteiger partial charge in [-0.15, -0.1) is 0 Å². The van der Waals surface area contributed by atoms with Gasteiger partial charge in [0.25, 0.3) is 0 Å². The quantitative estimate of drug-likeness (QED) is 0.413. The summed E-state index contributed by atoms with van der Waals surface area (Å²) in [7, 11) is 0. The van der Waals surface area contributed by atoms with Crippen molar-refractivity contribution in [2.45, 2.75) is 78.7 Å². The van der Waals surface area contributed by atoms with Crippen molar-refractivity contribution in [1.82, 2.24) is 10.2 Å². The van der Waals surface area contributed by atoms with Crippen molar-refractivity contribution in [2.75, 3.05) is 26.2 Å². The second kappa shape index (κ2) is 14.4. The van der Waals surface area contributed by atoms with Crippen LogP contribution >= 0.6 is 0 Å². The zero-order chi connectivity index (χ0) is 28.4. The van der Waals surface area contributed by atoms with Gasteiger partial charge in [-0.1, -0.05) is 48.5 Å². The van der Waals surface area contributed by atoms with Crippen molar-refractivity contribution >= 4 is 17.7 Å². The Labute approximate surface area is 234 Å². The molecule has 212 valence electrons. The third kappa shape index (κ3) is 9.92. The minimum absolute atomic E-state index is 0.166. The van der Waals surface area contributed by atoms with Crippen molar-refractivity contribution in [3.63, 3.8) is 0 Å². The lowest BCUT2D eigenvalue weighted by Crippen LogP contribution is -2.43. The van der Waals surface area contributed by atoms with Crippen LogP contribution in [0.25, 0.3) is 0 Å². The highest BCUT2D eigenvalue weighted by atomic mass is 16.6. The van der Waals surface area contributed by atoms with E-state index in [1.165, 1.54) is 12.8 Å².